The maximum Gasteiger partial charge on any atom is 0.0468 e. The summed E-state index contributed by atoms with van der Waals surface area (Å²) in [5.41, 5.74) is 18.3. The lowest BCUT2D eigenvalue weighted by molar-refractivity contribution is 0.660. The topological polar surface area (TPSA) is 3.24 Å². The predicted molar refractivity (Wildman–Crippen MR) is 238 cm³/mol. The molecule has 0 N–H and O–H groups in total. The van der Waals surface area contributed by atoms with E-state index >= 15 is 0 Å². The van der Waals surface area contributed by atoms with Crippen LogP contribution in [0.2, 0.25) is 0 Å². The number of rotatable bonds is 7. The molecule has 0 spiro atoms. The van der Waals surface area contributed by atoms with E-state index in [0.29, 0.717) is 0 Å². The molecule has 0 unspecified atom stereocenters. The highest BCUT2D eigenvalue weighted by molar-refractivity contribution is 5.97. The molecule has 0 aliphatic heterocycles. The SMILES string of the molecule is CC1(C)c2ccccc2-c2ccc(N(c3ccc(-c4cccc5ccccc45)cc3)c3ccc(-c4ccccc4)c(-c4ccc(-c5ccccc5)cc4)c3)cc21. The first-order valence-corrected chi connectivity index (χ1v) is 19.5. The van der Waals surface area contributed by atoms with E-state index in [1.165, 1.54) is 77.5 Å². The average molecular weight is 716 g/mol. The van der Waals surface area contributed by atoms with Crippen molar-refractivity contribution in [2.75, 3.05) is 4.90 Å². The van der Waals surface area contributed by atoms with Crippen LogP contribution in [0.3, 0.4) is 0 Å². The number of hydrogen-bond donors (Lipinski definition) is 0. The fraction of sp³-hybridized carbons (Fsp3) is 0.0545. The summed E-state index contributed by atoms with van der Waals surface area (Å²) >= 11 is 0. The molecule has 9 aromatic carbocycles. The number of nitrogens with zero attached hydrogens (tertiary/aromatic N) is 1. The molecule has 0 radical (unpaired) electrons. The van der Waals surface area contributed by atoms with Crippen molar-refractivity contribution in [2.24, 2.45) is 0 Å². The molecule has 56 heavy (non-hydrogen) atoms. The second kappa shape index (κ2) is 13.7. The van der Waals surface area contributed by atoms with Gasteiger partial charge >= 0.3 is 0 Å². The minimum Gasteiger partial charge on any atom is -0.310 e. The first-order chi connectivity index (χ1) is 27.5. The standard InChI is InChI=1S/C55H41N/c1-55(2)53-23-12-11-21-50(53)51-35-33-46(37-54(51)55)56(44-30-28-42(29-31-44)48-22-13-19-41-18-9-10-20-47(41)48)45-32-34-49(40-16-7-4-8-17-40)52(36-45)43-26-24-39(25-27-43)38-14-5-3-6-15-38/h3-37H,1-2H3. The minimum atomic E-state index is -0.116. The van der Waals surface area contributed by atoms with Gasteiger partial charge in [-0.05, 0) is 114 Å². The number of benzene rings is 9. The Labute approximate surface area is 329 Å². The summed E-state index contributed by atoms with van der Waals surface area (Å²) in [5.74, 6) is 0. The van der Waals surface area contributed by atoms with Crippen molar-refractivity contribution in [1.29, 1.82) is 0 Å². The van der Waals surface area contributed by atoms with E-state index in [1.54, 1.807) is 0 Å². The third-order valence-electron chi connectivity index (χ3n) is 11.7. The Morgan fingerprint density at radius 1 is 0.304 bits per heavy atom. The van der Waals surface area contributed by atoms with Crippen molar-refractivity contribution in [1.82, 2.24) is 0 Å². The fourth-order valence-corrected chi connectivity index (χ4v) is 8.80. The molecule has 10 rings (SSSR count). The number of fused-ring (bicyclic) bond motifs is 4. The zero-order chi connectivity index (χ0) is 37.6. The Balaban J connectivity index is 1.14. The highest BCUT2D eigenvalue weighted by atomic mass is 15.1. The van der Waals surface area contributed by atoms with Crippen molar-refractivity contribution in [3.8, 4) is 55.6 Å². The van der Waals surface area contributed by atoms with Gasteiger partial charge in [0, 0.05) is 22.5 Å². The molecular formula is C55H41N. The van der Waals surface area contributed by atoms with E-state index in [9.17, 15) is 0 Å². The largest absolute Gasteiger partial charge is 0.310 e. The summed E-state index contributed by atoms with van der Waals surface area (Å²) in [5, 5.41) is 2.51. The first-order valence-electron chi connectivity index (χ1n) is 19.5. The van der Waals surface area contributed by atoms with E-state index in [2.05, 4.69) is 231 Å². The lowest BCUT2D eigenvalue weighted by Crippen LogP contribution is -2.16. The molecule has 0 saturated heterocycles. The zero-order valence-corrected chi connectivity index (χ0v) is 31.7. The molecule has 0 fully saturated rings. The summed E-state index contributed by atoms with van der Waals surface area (Å²) in [4.78, 5) is 2.43. The van der Waals surface area contributed by atoms with Crippen molar-refractivity contribution in [3.05, 3.63) is 223 Å². The van der Waals surface area contributed by atoms with E-state index in [0.717, 1.165) is 17.1 Å². The Morgan fingerprint density at radius 2 is 0.786 bits per heavy atom. The normalized spacial score (nSPS) is 12.6. The van der Waals surface area contributed by atoms with E-state index < -0.39 is 0 Å². The van der Waals surface area contributed by atoms with Gasteiger partial charge in [-0.3, -0.25) is 0 Å². The molecule has 0 bridgehead atoms. The van der Waals surface area contributed by atoms with Gasteiger partial charge in [-0.15, -0.1) is 0 Å². The second-order valence-electron chi connectivity index (χ2n) is 15.3. The van der Waals surface area contributed by atoms with E-state index in [4.69, 9.17) is 0 Å². The molecular weight excluding hydrogens is 675 g/mol. The molecule has 9 aromatic rings. The Kier molecular flexibility index (Phi) is 8.23. The highest BCUT2D eigenvalue weighted by Gasteiger charge is 2.35. The average Bonchev–Trinajstić information content (AvgIpc) is 3.49. The number of anilines is 3. The molecule has 0 aromatic heterocycles. The summed E-state index contributed by atoms with van der Waals surface area (Å²) in [6.07, 6.45) is 0. The van der Waals surface area contributed by atoms with E-state index in [1.807, 2.05) is 0 Å². The Morgan fingerprint density at radius 3 is 1.55 bits per heavy atom. The van der Waals surface area contributed by atoms with Gasteiger partial charge in [0.15, 0.2) is 0 Å². The van der Waals surface area contributed by atoms with Crippen molar-refractivity contribution in [3.63, 3.8) is 0 Å². The quantitative estimate of drug-likeness (QED) is 0.159. The van der Waals surface area contributed by atoms with Gasteiger partial charge in [0.25, 0.3) is 0 Å². The summed E-state index contributed by atoms with van der Waals surface area (Å²) in [6, 6.07) is 77.6. The maximum atomic E-state index is 2.43. The Bertz CT molecular complexity index is 2840. The second-order valence-corrected chi connectivity index (χ2v) is 15.3. The van der Waals surface area contributed by atoms with Gasteiger partial charge < -0.3 is 4.90 Å². The van der Waals surface area contributed by atoms with Gasteiger partial charge in [0.2, 0.25) is 0 Å². The summed E-state index contributed by atoms with van der Waals surface area (Å²) < 4.78 is 0. The number of hydrogen-bond acceptors (Lipinski definition) is 1. The maximum absolute atomic E-state index is 2.43. The van der Waals surface area contributed by atoms with Crippen molar-refractivity contribution >= 4 is 27.8 Å². The van der Waals surface area contributed by atoms with Crippen LogP contribution in [0.5, 0.6) is 0 Å². The van der Waals surface area contributed by atoms with Crippen LogP contribution in [0.15, 0.2) is 212 Å². The van der Waals surface area contributed by atoms with Crippen molar-refractivity contribution in [2.45, 2.75) is 19.3 Å². The van der Waals surface area contributed by atoms with Crippen LogP contribution in [-0.4, -0.2) is 0 Å². The summed E-state index contributed by atoms with van der Waals surface area (Å²) in [7, 11) is 0. The van der Waals surface area contributed by atoms with Crippen LogP contribution < -0.4 is 4.90 Å². The molecule has 1 aliphatic carbocycles. The van der Waals surface area contributed by atoms with Gasteiger partial charge in [0.05, 0.1) is 0 Å². The highest BCUT2D eigenvalue weighted by Crippen LogP contribution is 2.51. The van der Waals surface area contributed by atoms with Crippen LogP contribution >= 0.6 is 0 Å². The lowest BCUT2D eigenvalue weighted by Gasteiger charge is -2.29. The van der Waals surface area contributed by atoms with Crippen LogP contribution in [0.4, 0.5) is 17.1 Å². The van der Waals surface area contributed by atoms with Crippen LogP contribution in [0, 0.1) is 0 Å². The molecule has 1 aliphatic rings. The molecule has 0 atom stereocenters. The fourth-order valence-electron chi connectivity index (χ4n) is 8.80. The van der Waals surface area contributed by atoms with Crippen LogP contribution in [-0.2, 0) is 5.41 Å². The third kappa shape index (κ3) is 5.81. The Hall–Kier alpha value is -6.96. The van der Waals surface area contributed by atoms with Gasteiger partial charge in [-0.2, -0.15) is 0 Å². The zero-order valence-electron chi connectivity index (χ0n) is 31.7. The molecule has 1 heteroatoms. The summed E-state index contributed by atoms with van der Waals surface area (Å²) in [6.45, 7) is 4.72. The van der Waals surface area contributed by atoms with Gasteiger partial charge in [-0.25, -0.2) is 0 Å². The minimum absolute atomic E-state index is 0.116. The molecule has 266 valence electrons. The molecule has 0 heterocycles. The molecule has 1 nitrogen and oxygen atoms in total. The first kappa shape index (κ1) is 33.6. The molecule has 0 saturated carbocycles. The van der Waals surface area contributed by atoms with Gasteiger partial charge in [-0.1, -0.05) is 190 Å². The smallest absolute Gasteiger partial charge is 0.0468 e. The van der Waals surface area contributed by atoms with Gasteiger partial charge in [0.1, 0.15) is 0 Å². The van der Waals surface area contributed by atoms with E-state index in [-0.39, 0.29) is 5.41 Å². The van der Waals surface area contributed by atoms with Crippen LogP contribution in [0.1, 0.15) is 25.0 Å². The predicted octanol–water partition coefficient (Wildman–Crippen LogP) is 15.3. The third-order valence-corrected chi connectivity index (χ3v) is 11.7. The monoisotopic (exact) mass is 715 g/mol. The lowest BCUT2D eigenvalue weighted by atomic mass is 9.82. The van der Waals surface area contributed by atoms with Crippen LogP contribution in [0.25, 0.3) is 66.4 Å². The molecule has 0 amide bonds. The van der Waals surface area contributed by atoms with Crippen molar-refractivity contribution < 1.29 is 0 Å².